The van der Waals surface area contributed by atoms with Gasteiger partial charge in [0, 0.05) is 48.6 Å². The first-order valence-electron chi connectivity index (χ1n) is 17.2. The molecule has 8 heteroatoms. The molecule has 0 aromatic carbocycles. The fourth-order valence-corrected chi connectivity index (χ4v) is 8.43. The number of methoxy groups -OCH3 is 1. The maximum Gasteiger partial charge on any atom is 0.231 e. The Morgan fingerprint density at radius 1 is 0.978 bits per heavy atom. The number of Topliss-reactive ketones (excluding diaryl/α,β-unsaturated/α-hetero) is 1. The molecule has 0 spiro atoms. The SMILES string of the molecule is COc1ncc(C23CCC(CN(C(=O)C4CCC(CC(C)=O)CC4)c4cc(-c5cnn(C(C)(C)C)c5)ccn4)(CC2)CC3)cc1C. The molecule has 7 rings (SSSR count). The fourth-order valence-electron chi connectivity index (χ4n) is 8.43. The number of pyridine rings is 2. The molecule has 46 heavy (non-hydrogen) atoms. The van der Waals surface area contributed by atoms with Crippen LogP contribution in [0.3, 0.4) is 0 Å². The van der Waals surface area contributed by atoms with Crippen molar-refractivity contribution in [1.29, 1.82) is 0 Å². The molecule has 0 saturated heterocycles. The lowest BCUT2D eigenvalue weighted by molar-refractivity contribution is -0.124. The number of anilines is 1. The summed E-state index contributed by atoms with van der Waals surface area (Å²) in [5, 5.41) is 4.62. The molecule has 1 amide bonds. The molecule has 8 nitrogen and oxygen atoms in total. The molecular formula is C38H51N5O3. The van der Waals surface area contributed by atoms with Gasteiger partial charge in [-0.2, -0.15) is 5.10 Å². The summed E-state index contributed by atoms with van der Waals surface area (Å²) in [5.74, 6) is 2.25. The van der Waals surface area contributed by atoms with Gasteiger partial charge in [0.05, 0.1) is 18.8 Å². The molecule has 0 N–H and O–H groups in total. The van der Waals surface area contributed by atoms with Gasteiger partial charge < -0.3 is 9.53 Å². The van der Waals surface area contributed by atoms with Gasteiger partial charge in [-0.25, -0.2) is 9.97 Å². The van der Waals surface area contributed by atoms with Crippen LogP contribution < -0.4 is 9.64 Å². The second-order valence-electron chi connectivity index (χ2n) is 15.6. The predicted octanol–water partition coefficient (Wildman–Crippen LogP) is 7.82. The van der Waals surface area contributed by atoms with Gasteiger partial charge >= 0.3 is 0 Å². The van der Waals surface area contributed by atoms with Crippen molar-refractivity contribution in [2.24, 2.45) is 17.3 Å². The normalized spacial score (nSPS) is 26.1. The molecule has 2 bridgehead atoms. The molecule has 3 heterocycles. The van der Waals surface area contributed by atoms with E-state index in [0.29, 0.717) is 24.8 Å². The number of carbonyl (C=O) groups is 2. The number of rotatable bonds is 9. The molecule has 246 valence electrons. The van der Waals surface area contributed by atoms with Crippen molar-refractivity contribution in [3.8, 4) is 17.0 Å². The van der Waals surface area contributed by atoms with E-state index in [1.807, 2.05) is 34.2 Å². The first kappa shape index (κ1) is 32.4. The van der Waals surface area contributed by atoms with Crippen LogP contribution in [0.25, 0.3) is 11.1 Å². The Hall–Kier alpha value is -3.55. The van der Waals surface area contributed by atoms with E-state index in [2.05, 4.69) is 56.1 Å². The van der Waals surface area contributed by atoms with Crippen molar-refractivity contribution >= 4 is 17.5 Å². The highest BCUT2D eigenvalue weighted by Crippen LogP contribution is 2.58. The van der Waals surface area contributed by atoms with Crippen molar-refractivity contribution in [3.05, 3.63) is 54.1 Å². The average molecular weight is 626 g/mol. The van der Waals surface area contributed by atoms with Gasteiger partial charge in [0.15, 0.2) is 0 Å². The molecule has 3 aromatic heterocycles. The number of hydrogen-bond donors (Lipinski definition) is 0. The predicted molar refractivity (Wildman–Crippen MR) is 181 cm³/mol. The highest BCUT2D eigenvalue weighted by molar-refractivity contribution is 5.95. The van der Waals surface area contributed by atoms with Crippen LogP contribution in [0.15, 0.2) is 43.0 Å². The molecule has 3 aromatic rings. The van der Waals surface area contributed by atoms with Gasteiger partial charge in [-0.05, 0) is 145 Å². The lowest BCUT2D eigenvalue weighted by Crippen LogP contribution is -2.52. The highest BCUT2D eigenvalue weighted by Gasteiger charge is 2.51. The zero-order valence-corrected chi connectivity index (χ0v) is 28.6. The number of ketones is 1. The van der Waals surface area contributed by atoms with Crippen LogP contribution in [0.4, 0.5) is 5.82 Å². The van der Waals surface area contributed by atoms with Crippen molar-refractivity contribution in [2.75, 3.05) is 18.6 Å². The minimum atomic E-state index is -0.117. The number of hydrogen-bond acceptors (Lipinski definition) is 6. The van der Waals surface area contributed by atoms with Crippen LogP contribution in [0.5, 0.6) is 5.88 Å². The van der Waals surface area contributed by atoms with Crippen LogP contribution in [0, 0.1) is 24.2 Å². The van der Waals surface area contributed by atoms with E-state index < -0.39 is 0 Å². The van der Waals surface area contributed by atoms with Crippen molar-refractivity contribution in [3.63, 3.8) is 0 Å². The maximum absolute atomic E-state index is 14.5. The summed E-state index contributed by atoms with van der Waals surface area (Å²) in [5.41, 5.74) is 4.58. The van der Waals surface area contributed by atoms with Crippen molar-refractivity contribution in [2.45, 2.75) is 116 Å². The number of carbonyl (C=O) groups excluding carboxylic acids is 2. The molecule has 0 aliphatic heterocycles. The molecule has 0 unspecified atom stereocenters. The summed E-state index contributed by atoms with van der Waals surface area (Å²) in [4.78, 5) is 37.8. The van der Waals surface area contributed by atoms with Crippen LogP contribution >= 0.6 is 0 Å². The molecule has 4 fully saturated rings. The number of ether oxygens (including phenoxy) is 1. The second kappa shape index (κ2) is 12.6. The van der Waals surface area contributed by atoms with E-state index in [4.69, 9.17) is 9.72 Å². The Bertz CT molecular complexity index is 1550. The minimum absolute atomic E-state index is 0.0340. The lowest BCUT2D eigenvalue weighted by Gasteiger charge is -2.55. The topological polar surface area (TPSA) is 90.2 Å². The van der Waals surface area contributed by atoms with Crippen LogP contribution in [0.1, 0.15) is 109 Å². The molecule has 4 aliphatic rings. The van der Waals surface area contributed by atoms with Gasteiger partial charge in [0.2, 0.25) is 11.8 Å². The zero-order chi connectivity index (χ0) is 32.7. The summed E-state index contributed by atoms with van der Waals surface area (Å²) in [7, 11) is 1.68. The van der Waals surface area contributed by atoms with Gasteiger partial charge in [-0.15, -0.1) is 0 Å². The largest absolute Gasteiger partial charge is 0.481 e. The Balaban J connectivity index is 1.26. The minimum Gasteiger partial charge on any atom is -0.481 e. The summed E-state index contributed by atoms with van der Waals surface area (Å²) in [6.07, 6.45) is 18.6. The van der Waals surface area contributed by atoms with Crippen LogP contribution in [0.2, 0.25) is 0 Å². The standard InChI is InChI=1S/C38H51N5O3/c1-26-19-32(23-40-34(26)46-6)38-15-12-37(13-16-38,14-17-38)25-42(35(45)29-9-7-28(8-10-29)20-27(2)44)33-21-30(11-18-39-33)31-22-41-43(24-31)36(3,4)5/h11,18-19,21-24,28-29H,7-10,12-17,20,25H2,1-6H3. The van der Waals surface area contributed by atoms with E-state index in [1.54, 1.807) is 14.0 Å². The third-order valence-electron chi connectivity index (χ3n) is 11.4. The Morgan fingerprint density at radius 2 is 1.67 bits per heavy atom. The zero-order valence-electron chi connectivity index (χ0n) is 28.6. The van der Waals surface area contributed by atoms with E-state index >= 15 is 0 Å². The van der Waals surface area contributed by atoms with Crippen LogP contribution in [-0.4, -0.2) is 45.1 Å². The summed E-state index contributed by atoms with van der Waals surface area (Å²) in [6, 6.07) is 6.38. The van der Waals surface area contributed by atoms with Gasteiger partial charge in [0.25, 0.3) is 0 Å². The number of nitrogens with zero attached hydrogens (tertiary/aromatic N) is 5. The van der Waals surface area contributed by atoms with Gasteiger partial charge in [-0.1, -0.05) is 0 Å². The molecule has 4 saturated carbocycles. The second-order valence-corrected chi connectivity index (χ2v) is 15.6. The number of fused-ring (bicyclic) bond motifs is 3. The monoisotopic (exact) mass is 625 g/mol. The first-order valence-corrected chi connectivity index (χ1v) is 17.2. The van der Waals surface area contributed by atoms with Gasteiger partial charge in [-0.3, -0.25) is 14.4 Å². The molecule has 0 radical (unpaired) electrons. The lowest BCUT2D eigenvalue weighted by atomic mass is 9.52. The summed E-state index contributed by atoms with van der Waals surface area (Å²) >= 11 is 0. The van der Waals surface area contributed by atoms with Crippen molar-refractivity contribution in [1.82, 2.24) is 19.7 Å². The number of amides is 1. The van der Waals surface area contributed by atoms with E-state index in [1.165, 1.54) is 5.56 Å². The van der Waals surface area contributed by atoms with E-state index in [0.717, 1.165) is 86.7 Å². The highest BCUT2D eigenvalue weighted by atomic mass is 16.5. The van der Waals surface area contributed by atoms with Crippen LogP contribution in [-0.2, 0) is 20.5 Å². The Labute approximate surface area is 274 Å². The Kier molecular flexibility index (Phi) is 8.85. The fraction of sp³-hybridized carbons (Fsp3) is 0.605. The summed E-state index contributed by atoms with van der Waals surface area (Å²) < 4.78 is 7.43. The van der Waals surface area contributed by atoms with E-state index in [9.17, 15) is 9.59 Å². The van der Waals surface area contributed by atoms with Gasteiger partial charge in [0.1, 0.15) is 11.6 Å². The molecule has 4 aliphatic carbocycles. The first-order chi connectivity index (χ1) is 21.9. The number of aryl methyl sites for hydroxylation is 1. The summed E-state index contributed by atoms with van der Waals surface area (Å²) in [6.45, 7) is 10.9. The third kappa shape index (κ3) is 6.50. The van der Waals surface area contributed by atoms with Crippen molar-refractivity contribution < 1.29 is 14.3 Å². The quantitative estimate of drug-likeness (QED) is 0.241. The number of aromatic nitrogens is 4. The van der Waals surface area contributed by atoms with E-state index in [-0.39, 0.29) is 34.0 Å². The Morgan fingerprint density at radius 3 is 2.26 bits per heavy atom. The third-order valence-corrected chi connectivity index (χ3v) is 11.4. The average Bonchev–Trinajstić information content (AvgIpc) is 3.56. The smallest absolute Gasteiger partial charge is 0.231 e. The molecule has 0 atom stereocenters. The maximum atomic E-state index is 14.5. The molecular weight excluding hydrogens is 574 g/mol.